The van der Waals surface area contributed by atoms with Gasteiger partial charge in [-0.2, -0.15) is 0 Å². The Kier molecular flexibility index (Phi) is 4.89. The summed E-state index contributed by atoms with van der Waals surface area (Å²) in [5.41, 5.74) is 1.51. The molecule has 0 radical (unpaired) electrons. The molecule has 2 nitrogen and oxygen atoms in total. The van der Waals surface area contributed by atoms with Crippen LogP contribution in [0.2, 0.25) is 0 Å². The third kappa shape index (κ3) is 3.24. The van der Waals surface area contributed by atoms with Crippen molar-refractivity contribution < 1.29 is 4.74 Å². The van der Waals surface area contributed by atoms with Crippen LogP contribution in [0, 0.1) is 0 Å². The molecule has 0 bridgehead atoms. The van der Waals surface area contributed by atoms with Crippen LogP contribution in [-0.4, -0.2) is 32.1 Å². The van der Waals surface area contributed by atoms with Crippen molar-refractivity contribution in [3.8, 4) is 0 Å². The van der Waals surface area contributed by atoms with Crippen molar-refractivity contribution in [1.29, 1.82) is 0 Å². The molecule has 2 rings (SSSR count). The molecule has 2 unspecified atom stereocenters. The normalized spacial score (nSPS) is 20.2. The average molecular weight is 251 g/mol. The topological polar surface area (TPSA) is 21.3 Å². The molecule has 0 saturated carbocycles. The first-order chi connectivity index (χ1) is 8.35. The minimum Gasteiger partial charge on any atom is -0.383 e. The van der Waals surface area contributed by atoms with E-state index < -0.39 is 0 Å². The van der Waals surface area contributed by atoms with Crippen molar-refractivity contribution in [2.45, 2.75) is 30.2 Å². The zero-order chi connectivity index (χ0) is 12.1. The van der Waals surface area contributed by atoms with Gasteiger partial charge in [0.05, 0.1) is 6.61 Å². The van der Waals surface area contributed by atoms with Gasteiger partial charge in [-0.3, -0.25) is 0 Å². The lowest BCUT2D eigenvalue weighted by Crippen LogP contribution is -2.35. The predicted octanol–water partition coefficient (Wildman–Crippen LogP) is 2.89. The molecule has 1 heterocycles. The minimum absolute atomic E-state index is 0.484. The summed E-state index contributed by atoms with van der Waals surface area (Å²) in [7, 11) is 1.77. The van der Waals surface area contributed by atoms with E-state index in [1.165, 1.54) is 16.2 Å². The molecule has 0 aliphatic carbocycles. The van der Waals surface area contributed by atoms with Crippen LogP contribution < -0.4 is 5.32 Å². The van der Waals surface area contributed by atoms with Gasteiger partial charge >= 0.3 is 0 Å². The van der Waals surface area contributed by atoms with E-state index >= 15 is 0 Å². The molecule has 0 saturated heterocycles. The first-order valence-corrected chi connectivity index (χ1v) is 7.27. The van der Waals surface area contributed by atoms with E-state index in [9.17, 15) is 0 Å². The first kappa shape index (κ1) is 12.9. The number of nitrogens with one attached hydrogen (secondary N) is 1. The van der Waals surface area contributed by atoms with Crippen LogP contribution in [0.15, 0.2) is 29.2 Å². The largest absolute Gasteiger partial charge is 0.383 e. The maximum atomic E-state index is 5.21. The Bertz CT molecular complexity index is 356. The van der Waals surface area contributed by atoms with E-state index in [4.69, 9.17) is 4.74 Å². The minimum atomic E-state index is 0.484. The van der Waals surface area contributed by atoms with Gasteiger partial charge in [0, 0.05) is 36.3 Å². The smallest absolute Gasteiger partial charge is 0.0615 e. The molecule has 2 atom stereocenters. The van der Waals surface area contributed by atoms with Crippen molar-refractivity contribution in [3.63, 3.8) is 0 Å². The summed E-state index contributed by atoms with van der Waals surface area (Å²) < 4.78 is 5.21. The summed E-state index contributed by atoms with van der Waals surface area (Å²) in [6.07, 6.45) is 1.12. The van der Waals surface area contributed by atoms with E-state index in [0.29, 0.717) is 12.0 Å². The van der Waals surface area contributed by atoms with E-state index in [1.807, 2.05) is 11.8 Å². The van der Waals surface area contributed by atoms with Crippen LogP contribution in [-0.2, 0) is 4.74 Å². The van der Waals surface area contributed by atoms with Gasteiger partial charge in [0.1, 0.15) is 0 Å². The average Bonchev–Trinajstić information content (AvgIpc) is 2.78. The molecule has 17 heavy (non-hydrogen) atoms. The number of thioether (sulfide) groups is 1. The Morgan fingerprint density at radius 1 is 1.47 bits per heavy atom. The van der Waals surface area contributed by atoms with Crippen LogP contribution >= 0.6 is 11.8 Å². The molecule has 1 aromatic carbocycles. The van der Waals surface area contributed by atoms with Crippen LogP contribution in [0.25, 0.3) is 0 Å². The van der Waals surface area contributed by atoms with Crippen molar-refractivity contribution in [1.82, 2.24) is 5.32 Å². The molecule has 0 aromatic heterocycles. The molecule has 0 spiro atoms. The van der Waals surface area contributed by atoms with Gasteiger partial charge in [0.2, 0.25) is 0 Å². The highest BCUT2D eigenvalue weighted by atomic mass is 32.2. The van der Waals surface area contributed by atoms with Gasteiger partial charge < -0.3 is 10.1 Å². The fraction of sp³-hybridized carbons (Fsp3) is 0.571. The van der Waals surface area contributed by atoms with Gasteiger partial charge in [-0.05, 0) is 18.1 Å². The Balaban J connectivity index is 1.89. The lowest BCUT2D eigenvalue weighted by atomic mass is 10.0. The first-order valence-electron chi connectivity index (χ1n) is 6.29. The molecular weight excluding hydrogens is 230 g/mol. The Labute approximate surface area is 108 Å². The van der Waals surface area contributed by atoms with E-state index in [0.717, 1.165) is 19.6 Å². The standard InChI is InChI=1S/C14H21NOS/c1-3-12(9-16-2)15-8-11-10-17-14-7-5-4-6-13(11)14/h4-7,11-12,15H,3,8-10H2,1-2H3. The second-order valence-corrected chi connectivity index (χ2v) is 5.58. The number of rotatable bonds is 6. The maximum Gasteiger partial charge on any atom is 0.0615 e. The molecule has 1 aliphatic heterocycles. The Hall–Kier alpha value is -0.510. The SMILES string of the molecule is CCC(COC)NCC1CSc2ccccc21. The van der Waals surface area contributed by atoms with Crippen molar-refractivity contribution in [2.75, 3.05) is 26.0 Å². The third-order valence-corrected chi connectivity index (χ3v) is 4.56. The van der Waals surface area contributed by atoms with Crippen molar-refractivity contribution in [2.24, 2.45) is 0 Å². The number of benzene rings is 1. The summed E-state index contributed by atoms with van der Waals surface area (Å²) in [6, 6.07) is 9.24. The fourth-order valence-corrected chi connectivity index (χ4v) is 3.48. The van der Waals surface area contributed by atoms with Gasteiger partial charge in [0.25, 0.3) is 0 Å². The summed E-state index contributed by atoms with van der Waals surface area (Å²) in [5, 5.41) is 3.61. The van der Waals surface area contributed by atoms with Crippen LogP contribution in [0.5, 0.6) is 0 Å². The van der Waals surface area contributed by atoms with Gasteiger partial charge in [-0.15, -0.1) is 11.8 Å². The van der Waals surface area contributed by atoms with Gasteiger partial charge in [-0.1, -0.05) is 25.1 Å². The number of hydrogen-bond acceptors (Lipinski definition) is 3. The highest BCUT2D eigenvalue weighted by Crippen LogP contribution is 2.38. The van der Waals surface area contributed by atoms with Gasteiger partial charge in [-0.25, -0.2) is 0 Å². The summed E-state index contributed by atoms with van der Waals surface area (Å²) >= 11 is 1.98. The molecule has 94 valence electrons. The number of ether oxygens (including phenoxy) is 1. The quantitative estimate of drug-likeness (QED) is 0.840. The number of fused-ring (bicyclic) bond motifs is 1. The molecule has 1 N–H and O–H groups in total. The monoisotopic (exact) mass is 251 g/mol. The predicted molar refractivity (Wildman–Crippen MR) is 73.9 cm³/mol. The van der Waals surface area contributed by atoms with Crippen LogP contribution in [0.1, 0.15) is 24.8 Å². The van der Waals surface area contributed by atoms with Crippen LogP contribution in [0.4, 0.5) is 0 Å². The molecule has 1 aromatic rings. The van der Waals surface area contributed by atoms with Crippen molar-refractivity contribution in [3.05, 3.63) is 29.8 Å². The summed E-state index contributed by atoms with van der Waals surface area (Å²) in [5.74, 6) is 1.86. The summed E-state index contributed by atoms with van der Waals surface area (Å²) in [4.78, 5) is 1.46. The van der Waals surface area contributed by atoms with Gasteiger partial charge in [0.15, 0.2) is 0 Å². The maximum absolute atomic E-state index is 5.21. The van der Waals surface area contributed by atoms with E-state index in [-0.39, 0.29) is 0 Å². The Morgan fingerprint density at radius 2 is 2.29 bits per heavy atom. The Morgan fingerprint density at radius 3 is 3.06 bits per heavy atom. The summed E-state index contributed by atoms with van der Waals surface area (Å²) in [6.45, 7) is 4.07. The lowest BCUT2D eigenvalue weighted by Gasteiger charge is -2.19. The second kappa shape index (κ2) is 6.43. The number of methoxy groups -OCH3 is 1. The third-order valence-electron chi connectivity index (χ3n) is 3.31. The fourth-order valence-electron chi connectivity index (χ4n) is 2.23. The highest BCUT2D eigenvalue weighted by molar-refractivity contribution is 7.99. The zero-order valence-electron chi connectivity index (χ0n) is 10.6. The highest BCUT2D eigenvalue weighted by Gasteiger charge is 2.22. The molecule has 0 fully saturated rings. The van der Waals surface area contributed by atoms with E-state index in [1.54, 1.807) is 7.11 Å². The zero-order valence-corrected chi connectivity index (χ0v) is 11.4. The van der Waals surface area contributed by atoms with Crippen molar-refractivity contribution >= 4 is 11.8 Å². The molecular formula is C14H21NOS. The lowest BCUT2D eigenvalue weighted by molar-refractivity contribution is 0.164. The second-order valence-electron chi connectivity index (χ2n) is 4.51. The molecule has 3 heteroatoms. The molecule has 0 amide bonds. The molecule has 1 aliphatic rings. The van der Waals surface area contributed by atoms with E-state index in [2.05, 4.69) is 36.5 Å². The van der Waals surface area contributed by atoms with Crippen LogP contribution in [0.3, 0.4) is 0 Å². The number of hydrogen-bond donors (Lipinski definition) is 1.